The third-order valence-corrected chi connectivity index (χ3v) is 7.68. The van der Waals surface area contributed by atoms with Gasteiger partial charge in [0, 0.05) is 12.1 Å². The van der Waals surface area contributed by atoms with Crippen LogP contribution in [0.4, 0.5) is 23.2 Å². The standard InChI is InChI=1S/C30H26F4N6O2S2/c1-18(2)24-15-21(31)6-11-25(24)40-26(41)16-44-29(40)37-28(43)35-13-12-19-4-3-5-20(14-19)27-36-17-39(38-27)22-7-9-23(10-8-22)42-30(32,33)34/h3-11,14-15,17-18H,12-13,16H2,1-2H3,(H,35,43)/b37-29-. The van der Waals surface area contributed by atoms with E-state index in [0.717, 1.165) is 11.1 Å². The van der Waals surface area contributed by atoms with Gasteiger partial charge in [0.2, 0.25) is 5.91 Å². The third-order valence-electron chi connectivity index (χ3n) is 6.52. The summed E-state index contributed by atoms with van der Waals surface area (Å²) in [6.07, 6.45) is -2.68. The van der Waals surface area contributed by atoms with Gasteiger partial charge >= 0.3 is 6.36 Å². The molecule has 1 amide bonds. The van der Waals surface area contributed by atoms with E-state index in [0.29, 0.717) is 40.9 Å². The SMILES string of the molecule is CC(C)c1cc(F)ccc1N1C(=O)CS/C1=N\C(=S)NCCc1cccc(-c2ncn(-c3ccc(OC(F)(F)F)cc3)n2)c1. The number of anilines is 1. The molecule has 14 heteroatoms. The second kappa shape index (κ2) is 13.1. The minimum atomic E-state index is -4.76. The Kier molecular flexibility index (Phi) is 9.30. The van der Waals surface area contributed by atoms with Crippen molar-refractivity contribution in [1.29, 1.82) is 0 Å². The van der Waals surface area contributed by atoms with Gasteiger partial charge in [0.15, 0.2) is 16.1 Å². The molecule has 3 aromatic carbocycles. The number of nitrogens with zero attached hydrogens (tertiary/aromatic N) is 5. The maximum atomic E-state index is 13.9. The molecular formula is C30H26F4N6O2S2. The van der Waals surface area contributed by atoms with Gasteiger partial charge < -0.3 is 10.1 Å². The van der Waals surface area contributed by atoms with Gasteiger partial charge in [-0.05, 0) is 84.2 Å². The highest BCUT2D eigenvalue weighted by atomic mass is 32.2. The highest BCUT2D eigenvalue weighted by Crippen LogP contribution is 2.34. The van der Waals surface area contributed by atoms with Crippen molar-refractivity contribution >= 4 is 45.9 Å². The van der Waals surface area contributed by atoms with Crippen LogP contribution in [0, 0.1) is 5.82 Å². The Labute approximate surface area is 260 Å². The summed E-state index contributed by atoms with van der Waals surface area (Å²) < 4.78 is 56.6. The zero-order valence-electron chi connectivity index (χ0n) is 23.5. The number of halogens is 4. The van der Waals surface area contributed by atoms with Crippen molar-refractivity contribution in [2.24, 2.45) is 4.99 Å². The van der Waals surface area contributed by atoms with Crippen molar-refractivity contribution in [3.05, 3.63) is 90.0 Å². The van der Waals surface area contributed by atoms with E-state index in [2.05, 4.69) is 25.1 Å². The van der Waals surface area contributed by atoms with Crippen molar-refractivity contribution < 1.29 is 27.1 Å². The minimum Gasteiger partial charge on any atom is -0.406 e. The molecule has 0 saturated carbocycles. The van der Waals surface area contributed by atoms with Crippen molar-refractivity contribution in [2.75, 3.05) is 17.2 Å². The monoisotopic (exact) mass is 642 g/mol. The summed E-state index contributed by atoms with van der Waals surface area (Å²) in [5.74, 6) is -0.181. The number of benzene rings is 3. The summed E-state index contributed by atoms with van der Waals surface area (Å²) in [4.78, 5) is 23.0. The van der Waals surface area contributed by atoms with Gasteiger partial charge in [-0.15, -0.1) is 18.3 Å². The van der Waals surface area contributed by atoms with E-state index < -0.39 is 6.36 Å². The van der Waals surface area contributed by atoms with E-state index in [1.54, 1.807) is 6.07 Å². The molecule has 0 spiro atoms. The lowest BCUT2D eigenvalue weighted by atomic mass is 10.0. The number of carbonyl (C=O) groups is 1. The van der Waals surface area contributed by atoms with Gasteiger partial charge in [0.05, 0.1) is 17.1 Å². The molecule has 0 atom stereocenters. The number of nitrogens with one attached hydrogen (secondary N) is 1. The molecule has 1 N–H and O–H groups in total. The van der Waals surface area contributed by atoms with E-state index in [-0.39, 0.29) is 34.3 Å². The van der Waals surface area contributed by atoms with Gasteiger partial charge in [-0.25, -0.2) is 14.1 Å². The zero-order valence-corrected chi connectivity index (χ0v) is 25.1. The largest absolute Gasteiger partial charge is 0.573 e. The number of hydrogen-bond acceptors (Lipinski definition) is 6. The lowest BCUT2D eigenvalue weighted by molar-refractivity contribution is -0.274. The maximum Gasteiger partial charge on any atom is 0.573 e. The molecule has 4 aromatic rings. The molecule has 2 heterocycles. The van der Waals surface area contributed by atoms with Gasteiger partial charge in [-0.1, -0.05) is 43.8 Å². The molecule has 0 unspecified atom stereocenters. The van der Waals surface area contributed by atoms with Crippen LogP contribution in [0.3, 0.4) is 0 Å². The molecule has 8 nitrogen and oxygen atoms in total. The fourth-order valence-corrected chi connectivity index (χ4v) is 5.61. The lowest BCUT2D eigenvalue weighted by Gasteiger charge is -2.21. The molecule has 0 aliphatic carbocycles. The molecule has 1 aromatic heterocycles. The predicted octanol–water partition coefficient (Wildman–Crippen LogP) is 6.65. The van der Waals surface area contributed by atoms with Crippen LogP contribution in [0.1, 0.15) is 30.9 Å². The fraction of sp³-hybridized carbons (Fsp3) is 0.233. The van der Waals surface area contributed by atoms with Crippen molar-refractivity contribution in [2.45, 2.75) is 32.5 Å². The van der Waals surface area contributed by atoms with Crippen LogP contribution < -0.4 is 15.0 Å². The first-order valence-electron chi connectivity index (χ1n) is 13.5. The summed E-state index contributed by atoms with van der Waals surface area (Å²) >= 11 is 6.72. The van der Waals surface area contributed by atoms with Gasteiger partial charge in [-0.2, -0.15) is 4.99 Å². The lowest BCUT2D eigenvalue weighted by Crippen LogP contribution is -2.32. The third kappa shape index (κ3) is 7.61. The number of alkyl halides is 3. The Balaban J connectivity index is 1.21. The zero-order chi connectivity index (χ0) is 31.4. The summed E-state index contributed by atoms with van der Waals surface area (Å²) in [7, 11) is 0. The Morgan fingerprint density at radius 3 is 2.64 bits per heavy atom. The Morgan fingerprint density at radius 1 is 1.14 bits per heavy atom. The number of thioether (sulfide) groups is 1. The van der Waals surface area contributed by atoms with E-state index in [1.165, 1.54) is 64.1 Å². The maximum absolute atomic E-state index is 13.9. The summed E-state index contributed by atoms with van der Waals surface area (Å²) in [6, 6.07) is 17.3. The van der Waals surface area contributed by atoms with Crippen LogP contribution in [0.15, 0.2) is 78.0 Å². The molecule has 0 bridgehead atoms. The normalized spacial score (nSPS) is 14.5. The number of rotatable bonds is 8. The number of hydrogen-bond donors (Lipinski definition) is 1. The molecule has 1 fully saturated rings. The average Bonchev–Trinajstić information content (AvgIpc) is 3.60. The van der Waals surface area contributed by atoms with E-state index in [4.69, 9.17) is 12.2 Å². The predicted molar refractivity (Wildman–Crippen MR) is 166 cm³/mol. The van der Waals surface area contributed by atoms with Gasteiger partial charge in [0.25, 0.3) is 0 Å². The Bertz CT molecular complexity index is 1710. The molecule has 0 radical (unpaired) electrons. The number of amides is 1. The summed E-state index contributed by atoms with van der Waals surface area (Å²) in [5.41, 5.74) is 3.57. The number of aromatic nitrogens is 3. The smallest absolute Gasteiger partial charge is 0.406 e. The molecular weight excluding hydrogens is 616 g/mol. The van der Waals surface area contributed by atoms with E-state index in [1.807, 2.05) is 38.1 Å². The van der Waals surface area contributed by atoms with E-state index >= 15 is 0 Å². The van der Waals surface area contributed by atoms with E-state index in [9.17, 15) is 22.4 Å². The summed E-state index contributed by atoms with van der Waals surface area (Å²) in [6.45, 7) is 4.34. The van der Waals surface area contributed by atoms with Crippen molar-refractivity contribution in [3.8, 4) is 22.8 Å². The molecule has 5 rings (SSSR count). The Hall–Kier alpha value is -4.30. The fourth-order valence-electron chi connectivity index (χ4n) is 4.50. The Morgan fingerprint density at radius 2 is 1.91 bits per heavy atom. The molecule has 1 aliphatic rings. The topological polar surface area (TPSA) is 84.6 Å². The van der Waals surface area contributed by atoms with Gasteiger partial charge in [-0.3, -0.25) is 9.69 Å². The van der Waals surface area contributed by atoms with Crippen LogP contribution in [-0.2, 0) is 11.2 Å². The average molecular weight is 643 g/mol. The minimum absolute atomic E-state index is 0.00145. The molecule has 228 valence electrons. The van der Waals surface area contributed by atoms with Gasteiger partial charge in [0.1, 0.15) is 17.9 Å². The van der Waals surface area contributed by atoms with Crippen molar-refractivity contribution in [3.63, 3.8) is 0 Å². The first-order valence-corrected chi connectivity index (χ1v) is 14.8. The van der Waals surface area contributed by atoms with Crippen LogP contribution in [0.25, 0.3) is 17.1 Å². The highest BCUT2D eigenvalue weighted by Gasteiger charge is 2.32. The quantitative estimate of drug-likeness (QED) is 0.170. The van der Waals surface area contributed by atoms with Crippen LogP contribution in [0.5, 0.6) is 5.75 Å². The highest BCUT2D eigenvalue weighted by molar-refractivity contribution is 8.15. The number of ether oxygens (including phenoxy) is 1. The number of thiocarbonyl (C=S) groups is 1. The summed E-state index contributed by atoms with van der Waals surface area (Å²) in [5, 5.41) is 8.23. The molecule has 1 aliphatic heterocycles. The first-order chi connectivity index (χ1) is 21.0. The number of carbonyl (C=O) groups excluding carboxylic acids is 1. The molecule has 44 heavy (non-hydrogen) atoms. The number of amidine groups is 1. The second-order valence-electron chi connectivity index (χ2n) is 10.0. The number of aliphatic imine (C=N–C) groups is 1. The van der Waals surface area contributed by atoms with Crippen molar-refractivity contribution in [1.82, 2.24) is 20.1 Å². The first kappa shape index (κ1) is 31.1. The van der Waals surface area contributed by atoms with Crippen LogP contribution in [-0.4, -0.2) is 49.6 Å². The second-order valence-corrected chi connectivity index (χ2v) is 11.3. The van der Waals surface area contributed by atoms with Crippen LogP contribution in [0.2, 0.25) is 0 Å². The molecule has 1 saturated heterocycles. The van der Waals surface area contributed by atoms with Crippen LogP contribution >= 0.6 is 24.0 Å².